The molecule has 9 heteroatoms. The fourth-order valence-electron chi connectivity index (χ4n) is 5.86. The highest BCUT2D eigenvalue weighted by atomic mass is 35.5. The zero-order valence-electron chi connectivity index (χ0n) is 22.5. The molecule has 4 atom stereocenters. The Morgan fingerprint density at radius 3 is 2.79 bits per heavy atom. The van der Waals surface area contributed by atoms with Gasteiger partial charge in [0.05, 0.1) is 18.4 Å². The van der Waals surface area contributed by atoms with Gasteiger partial charge in [-0.25, -0.2) is 9.35 Å². The van der Waals surface area contributed by atoms with Crippen molar-refractivity contribution in [3.63, 3.8) is 0 Å². The van der Waals surface area contributed by atoms with Gasteiger partial charge in [0.25, 0.3) is 5.91 Å². The molecular formula is C30H38ClN3O4S. The Kier molecular flexibility index (Phi) is 8.96. The fourth-order valence-corrected chi connectivity index (χ4v) is 7.12. The van der Waals surface area contributed by atoms with Gasteiger partial charge in [0, 0.05) is 36.5 Å². The van der Waals surface area contributed by atoms with Gasteiger partial charge >= 0.3 is 0 Å². The third-order valence-electron chi connectivity index (χ3n) is 8.17. The van der Waals surface area contributed by atoms with Gasteiger partial charge in [0.1, 0.15) is 15.7 Å². The molecule has 2 aliphatic heterocycles. The maximum atomic E-state index is 13.2. The molecule has 39 heavy (non-hydrogen) atoms. The number of aryl methyl sites for hydroxylation is 1. The van der Waals surface area contributed by atoms with Crippen LogP contribution in [0.15, 0.2) is 52.9 Å². The number of amides is 1. The van der Waals surface area contributed by atoms with Crippen LogP contribution in [0.4, 0.5) is 5.69 Å². The third-order valence-corrected chi connectivity index (χ3v) is 9.75. The van der Waals surface area contributed by atoms with E-state index in [1.54, 1.807) is 13.2 Å². The quantitative estimate of drug-likeness (QED) is 0.428. The molecule has 0 aromatic heterocycles. The van der Waals surface area contributed by atoms with Gasteiger partial charge in [-0.1, -0.05) is 29.8 Å². The molecule has 2 heterocycles. The minimum Gasteiger partial charge on any atom is -0.491 e. The molecule has 2 aromatic carbocycles. The number of methoxy groups -OCH3 is 1. The molecule has 1 unspecified atom stereocenters. The number of halogens is 1. The van der Waals surface area contributed by atoms with Gasteiger partial charge < -0.3 is 14.4 Å². The summed E-state index contributed by atoms with van der Waals surface area (Å²) < 4.78 is 29.1. The second-order valence-corrected chi connectivity index (χ2v) is 13.3. The first-order valence-corrected chi connectivity index (χ1v) is 16.0. The van der Waals surface area contributed by atoms with Crippen molar-refractivity contribution in [3.05, 3.63) is 70.3 Å². The number of nitrogens with zero attached hydrogens (tertiary/aromatic N) is 2. The average molecular weight is 572 g/mol. The summed E-state index contributed by atoms with van der Waals surface area (Å²) in [6.07, 6.45) is 10.6. The molecule has 1 aliphatic carbocycles. The number of hydrogen-bond acceptors (Lipinski definition) is 5. The normalized spacial score (nSPS) is 28.9. The highest BCUT2D eigenvalue weighted by molar-refractivity contribution is 7.91. The Bertz CT molecular complexity index is 1350. The maximum Gasteiger partial charge on any atom is 0.286 e. The number of ether oxygens (including phenoxy) is 2. The smallest absolute Gasteiger partial charge is 0.286 e. The second kappa shape index (κ2) is 12.4. The number of hydrogen-bond donors (Lipinski definition) is 1. The van der Waals surface area contributed by atoms with Gasteiger partial charge in [0.2, 0.25) is 0 Å². The highest BCUT2D eigenvalue weighted by Gasteiger charge is 2.38. The SMILES string of the molecule is CO[C@H]1/C=C/CCCS(N)(=O)=NC(=O)c2ccc3c(c2)N(Cc2ccc(Cl)cc2CCCCO3)C[C@@H]2CC[C@H]21. The van der Waals surface area contributed by atoms with Crippen molar-refractivity contribution >= 4 is 33.1 Å². The topological polar surface area (TPSA) is 94.2 Å². The van der Waals surface area contributed by atoms with E-state index in [0.717, 1.165) is 55.1 Å². The van der Waals surface area contributed by atoms with Gasteiger partial charge in [-0.3, -0.25) is 4.79 Å². The van der Waals surface area contributed by atoms with Gasteiger partial charge in [-0.15, -0.1) is 4.36 Å². The van der Waals surface area contributed by atoms with E-state index in [1.165, 1.54) is 11.1 Å². The van der Waals surface area contributed by atoms with Crippen LogP contribution in [-0.2, 0) is 27.6 Å². The molecule has 0 spiro atoms. The molecule has 1 saturated carbocycles. The highest BCUT2D eigenvalue weighted by Crippen LogP contribution is 2.42. The number of carbonyl (C=O) groups is 1. The van der Waals surface area contributed by atoms with Crippen LogP contribution >= 0.6 is 11.6 Å². The van der Waals surface area contributed by atoms with Crippen molar-refractivity contribution < 1.29 is 18.5 Å². The van der Waals surface area contributed by atoms with Crippen LogP contribution in [-0.4, -0.2) is 42.2 Å². The van der Waals surface area contributed by atoms with Crippen LogP contribution < -0.4 is 14.8 Å². The number of nitrogens with two attached hydrogens (primary N) is 1. The average Bonchev–Trinajstić information content (AvgIpc) is 2.92. The van der Waals surface area contributed by atoms with Crippen LogP contribution in [0.5, 0.6) is 5.75 Å². The van der Waals surface area contributed by atoms with Crippen molar-refractivity contribution in [2.75, 3.05) is 30.9 Å². The van der Waals surface area contributed by atoms with E-state index in [9.17, 15) is 9.00 Å². The lowest BCUT2D eigenvalue weighted by atomic mass is 9.70. The predicted octanol–water partition coefficient (Wildman–Crippen LogP) is 5.93. The molecule has 2 N–H and O–H groups in total. The maximum absolute atomic E-state index is 13.2. The summed E-state index contributed by atoms with van der Waals surface area (Å²) in [5.74, 6) is 1.15. The second-order valence-electron chi connectivity index (χ2n) is 10.8. The van der Waals surface area contributed by atoms with Crippen molar-refractivity contribution in [1.82, 2.24) is 0 Å². The number of allylic oxidation sites excluding steroid dienone is 1. The molecule has 3 aliphatic rings. The predicted molar refractivity (Wildman–Crippen MR) is 157 cm³/mol. The number of fused-ring (bicyclic) bond motifs is 3. The molecular weight excluding hydrogens is 534 g/mol. The van der Waals surface area contributed by atoms with E-state index in [0.29, 0.717) is 43.4 Å². The first kappa shape index (κ1) is 28.1. The summed E-state index contributed by atoms with van der Waals surface area (Å²) in [4.78, 5) is 15.5. The molecule has 210 valence electrons. The van der Waals surface area contributed by atoms with Crippen molar-refractivity contribution in [3.8, 4) is 5.75 Å². The van der Waals surface area contributed by atoms with E-state index in [1.807, 2.05) is 18.2 Å². The Hall–Kier alpha value is -2.39. The minimum absolute atomic E-state index is 0.0160. The Morgan fingerprint density at radius 1 is 1.13 bits per heavy atom. The number of anilines is 1. The molecule has 1 amide bonds. The summed E-state index contributed by atoms with van der Waals surface area (Å²) in [6.45, 7) is 2.02. The first-order valence-electron chi connectivity index (χ1n) is 13.9. The van der Waals surface area contributed by atoms with Gasteiger partial charge in [0.15, 0.2) is 0 Å². The summed E-state index contributed by atoms with van der Waals surface area (Å²) in [5, 5.41) is 6.72. The number of benzene rings is 2. The van der Waals surface area contributed by atoms with Crippen molar-refractivity contribution in [1.29, 1.82) is 0 Å². The van der Waals surface area contributed by atoms with E-state index in [4.69, 9.17) is 26.2 Å². The Labute approximate surface area is 237 Å². The van der Waals surface area contributed by atoms with Gasteiger partial charge in [-0.2, -0.15) is 0 Å². The Morgan fingerprint density at radius 2 is 2.00 bits per heavy atom. The van der Waals surface area contributed by atoms with E-state index >= 15 is 0 Å². The van der Waals surface area contributed by atoms with Crippen LogP contribution in [0.3, 0.4) is 0 Å². The van der Waals surface area contributed by atoms with E-state index < -0.39 is 15.8 Å². The molecule has 1 fully saturated rings. The van der Waals surface area contributed by atoms with Crippen LogP contribution in [0.1, 0.15) is 60.0 Å². The summed E-state index contributed by atoms with van der Waals surface area (Å²) >= 11 is 6.39. The van der Waals surface area contributed by atoms with Gasteiger partial charge in [-0.05, 0) is 98.2 Å². The van der Waals surface area contributed by atoms with Crippen LogP contribution in [0.25, 0.3) is 0 Å². The standard InChI is InChI=1S/C30H38ClN3O4S/c1-37-28-8-3-2-6-16-39(32,36)33-30(35)22-11-14-29-27(18-22)34(20-24-10-13-26(24)28)19-23-9-12-25(31)17-21(23)7-4-5-15-38-29/h3,8-9,11-12,14,17-18,24,26,28H,2,4-7,10,13,15-16,19-20H2,1H3,(H2,32,33,35,36)/b8-3+/t24-,26+,28-,39?/m0/s1. The molecule has 0 radical (unpaired) electrons. The number of carbonyl (C=O) groups excluding carboxylic acids is 1. The fraction of sp³-hybridized carbons (Fsp3) is 0.500. The lowest BCUT2D eigenvalue weighted by Crippen LogP contribution is -2.43. The zero-order chi connectivity index (χ0) is 27.4. The Balaban J connectivity index is 1.61. The lowest BCUT2D eigenvalue weighted by molar-refractivity contribution is 0.0134. The van der Waals surface area contributed by atoms with E-state index in [2.05, 4.69) is 33.5 Å². The van der Waals surface area contributed by atoms with Crippen molar-refractivity contribution in [2.45, 2.75) is 57.6 Å². The summed E-state index contributed by atoms with van der Waals surface area (Å²) in [5.41, 5.74) is 3.65. The summed E-state index contributed by atoms with van der Waals surface area (Å²) in [6, 6.07) is 11.5. The molecule has 7 nitrogen and oxygen atoms in total. The lowest BCUT2D eigenvalue weighted by Gasteiger charge is -2.43. The third kappa shape index (κ3) is 6.85. The number of rotatable bonds is 1. The molecule has 5 rings (SSSR count). The van der Waals surface area contributed by atoms with E-state index in [-0.39, 0.29) is 11.9 Å². The largest absolute Gasteiger partial charge is 0.491 e. The monoisotopic (exact) mass is 571 g/mol. The zero-order valence-corrected chi connectivity index (χ0v) is 24.1. The molecule has 0 saturated heterocycles. The first-order chi connectivity index (χ1) is 18.8. The van der Waals surface area contributed by atoms with Crippen molar-refractivity contribution in [2.24, 2.45) is 21.3 Å². The minimum atomic E-state index is -3.14. The van der Waals surface area contributed by atoms with Crippen LogP contribution in [0.2, 0.25) is 5.02 Å². The molecule has 2 aromatic rings. The summed E-state index contributed by atoms with van der Waals surface area (Å²) in [7, 11) is -1.37. The molecule has 2 bridgehead atoms. The van der Waals surface area contributed by atoms with Crippen LogP contribution in [0, 0.1) is 11.8 Å².